The highest BCUT2D eigenvalue weighted by Gasteiger charge is 2.32. The van der Waals surface area contributed by atoms with E-state index in [-0.39, 0.29) is 17.4 Å². The van der Waals surface area contributed by atoms with Crippen molar-refractivity contribution in [1.29, 1.82) is 0 Å². The molecule has 118 valence electrons. The Bertz CT molecular complexity index is 851. The van der Waals surface area contributed by atoms with Gasteiger partial charge in [-0.25, -0.2) is 9.97 Å². The van der Waals surface area contributed by atoms with Gasteiger partial charge in [-0.15, -0.1) is 0 Å². The van der Waals surface area contributed by atoms with Crippen molar-refractivity contribution in [1.82, 2.24) is 15.0 Å². The number of alkyl halides is 3. The molecule has 4 nitrogen and oxygen atoms in total. The van der Waals surface area contributed by atoms with Crippen molar-refractivity contribution in [2.75, 3.05) is 5.32 Å². The summed E-state index contributed by atoms with van der Waals surface area (Å²) in [5, 5.41) is 3.44. The fraction of sp³-hybridized carbons (Fsp3) is 0.133. The highest BCUT2D eigenvalue weighted by Crippen LogP contribution is 2.32. The number of rotatable bonds is 3. The predicted molar refractivity (Wildman–Crippen MR) is 81.1 cm³/mol. The largest absolute Gasteiger partial charge is 0.416 e. The van der Waals surface area contributed by atoms with E-state index in [1.54, 1.807) is 24.4 Å². The van der Waals surface area contributed by atoms with Crippen LogP contribution in [0.25, 0.3) is 11.0 Å². The van der Waals surface area contributed by atoms with Gasteiger partial charge in [-0.3, -0.25) is 0 Å². The van der Waals surface area contributed by atoms with Crippen LogP contribution in [-0.4, -0.2) is 15.0 Å². The van der Waals surface area contributed by atoms with Crippen LogP contribution in [0.15, 0.2) is 42.6 Å². The fourth-order valence-electron chi connectivity index (χ4n) is 2.20. The first-order valence-electron chi connectivity index (χ1n) is 6.62. The van der Waals surface area contributed by atoms with Gasteiger partial charge in [0.15, 0.2) is 5.65 Å². The number of fused-ring (bicyclic) bond motifs is 1. The minimum atomic E-state index is -4.41. The Hall–Kier alpha value is -2.41. The number of halogens is 4. The Balaban J connectivity index is 1.93. The topological polar surface area (TPSA) is 50.7 Å². The number of benzene rings is 1. The molecule has 0 aliphatic heterocycles. The number of pyridine rings is 1. The lowest BCUT2D eigenvalue weighted by Crippen LogP contribution is -2.12. The molecule has 2 heterocycles. The van der Waals surface area contributed by atoms with Crippen molar-refractivity contribution in [2.24, 2.45) is 0 Å². The summed E-state index contributed by atoms with van der Waals surface area (Å²) in [6.45, 7) is -0.0486. The summed E-state index contributed by atoms with van der Waals surface area (Å²) in [5.74, 6) is 0.338. The normalized spacial score (nSPS) is 11.7. The van der Waals surface area contributed by atoms with Gasteiger partial charge in [-0.1, -0.05) is 18.2 Å². The zero-order valence-corrected chi connectivity index (χ0v) is 12.4. The summed E-state index contributed by atoms with van der Waals surface area (Å²) in [5.41, 5.74) is -0.194. The third-order valence-corrected chi connectivity index (χ3v) is 3.38. The third kappa shape index (κ3) is 3.34. The van der Waals surface area contributed by atoms with Gasteiger partial charge in [-0.2, -0.15) is 18.2 Å². The number of hydrogen-bond donors (Lipinski definition) is 1. The number of aromatic nitrogens is 3. The van der Waals surface area contributed by atoms with Crippen LogP contribution in [-0.2, 0) is 12.7 Å². The van der Waals surface area contributed by atoms with Crippen LogP contribution in [0, 0.1) is 0 Å². The SMILES string of the molecule is FC(F)(F)c1ccccc1CNc1nc(Cl)nc2ncccc12. The summed E-state index contributed by atoms with van der Waals surface area (Å²) in [6, 6.07) is 8.78. The second kappa shape index (κ2) is 6.00. The van der Waals surface area contributed by atoms with Crippen LogP contribution in [0.3, 0.4) is 0 Å². The van der Waals surface area contributed by atoms with E-state index in [1.165, 1.54) is 12.1 Å². The zero-order chi connectivity index (χ0) is 16.4. The summed E-state index contributed by atoms with van der Waals surface area (Å²) >= 11 is 5.83. The van der Waals surface area contributed by atoms with E-state index >= 15 is 0 Å². The summed E-state index contributed by atoms with van der Waals surface area (Å²) in [7, 11) is 0. The maximum Gasteiger partial charge on any atom is 0.416 e. The monoisotopic (exact) mass is 338 g/mol. The Labute approximate surface area is 134 Å². The van der Waals surface area contributed by atoms with Gasteiger partial charge in [0.05, 0.1) is 10.9 Å². The Morgan fingerprint density at radius 2 is 1.83 bits per heavy atom. The van der Waals surface area contributed by atoms with E-state index in [9.17, 15) is 13.2 Å². The van der Waals surface area contributed by atoms with Crippen LogP contribution in [0.5, 0.6) is 0 Å². The maximum absolute atomic E-state index is 13.0. The van der Waals surface area contributed by atoms with Gasteiger partial charge >= 0.3 is 6.18 Å². The van der Waals surface area contributed by atoms with E-state index < -0.39 is 11.7 Å². The quantitative estimate of drug-likeness (QED) is 0.723. The third-order valence-electron chi connectivity index (χ3n) is 3.21. The van der Waals surface area contributed by atoms with E-state index in [0.29, 0.717) is 16.9 Å². The number of nitrogens with zero attached hydrogens (tertiary/aromatic N) is 3. The van der Waals surface area contributed by atoms with Gasteiger partial charge in [0.25, 0.3) is 0 Å². The maximum atomic E-state index is 13.0. The van der Waals surface area contributed by atoms with Crippen molar-refractivity contribution in [3.63, 3.8) is 0 Å². The van der Waals surface area contributed by atoms with Crippen molar-refractivity contribution in [2.45, 2.75) is 12.7 Å². The molecular weight excluding hydrogens is 329 g/mol. The molecule has 8 heteroatoms. The molecule has 23 heavy (non-hydrogen) atoms. The first kappa shape index (κ1) is 15.5. The first-order chi connectivity index (χ1) is 10.9. The predicted octanol–water partition coefficient (Wildman–Crippen LogP) is 4.31. The van der Waals surface area contributed by atoms with Gasteiger partial charge in [0.2, 0.25) is 5.28 Å². The highest BCUT2D eigenvalue weighted by molar-refractivity contribution is 6.28. The average Bonchev–Trinajstić information content (AvgIpc) is 2.52. The lowest BCUT2D eigenvalue weighted by molar-refractivity contribution is -0.138. The van der Waals surface area contributed by atoms with Crippen molar-refractivity contribution in [3.05, 3.63) is 59.0 Å². The average molecular weight is 339 g/mol. The van der Waals surface area contributed by atoms with E-state index in [2.05, 4.69) is 20.3 Å². The van der Waals surface area contributed by atoms with Crippen molar-refractivity contribution >= 4 is 28.5 Å². The van der Waals surface area contributed by atoms with Gasteiger partial charge in [0.1, 0.15) is 5.82 Å². The summed E-state index contributed by atoms with van der Waals surface area (Å²) in [6.07, 6.45) is -2.86. The molecule has 0 saturated carbocycles. The molecular formula is C15H10ClF3N4. The molecule has 0 unspecified atom stereocenters. The molecule has 0 aliphatic rings. The number of anilines is 1. The molecule has 3 aromatic rings. The standard InChI is InChI=1S/C15H10ClF3N4/c16-14-22-12-10(5-3-7-20-12)13(23-14)21-8-9-4-1-2-6-11(9)15(17,18)19/h1-7H,8H2,(H,20,21,22,23). The van der Waals surface area contributed by atoms with Gasteiger partial charge in [-0.05, 0) is 35.4 Å². The second-order valence-corrected chi connectivity index (χ2v) is 5.06. The molecule has 1 aromatic carbocycles. The van der Waals surface area contributed by atoms with Crippen LogP contribution < -0.4 is 5.32 Å². The fourth-order valence-corrected chi connectivity index (χ4v) is 2.37. The van der Waals surface area contributed by atoms with Crippen molar-refractivity contribution in [3.8, 4) is 0 Å². The molecule has 2 aromatic heterocycles. The lowest BCUT2D eigenvalue weighted by Gasteiger charge is -2.14. The highest BCUT2D eigenvalue weighted by atomic mass is 35.5. The van der Waals surface area contributed by atoms with Crippen LogP contribution >= 0.6 is 11.6 Å². The Morgan fingerprint density at radius 3 is 2.61 bits per heavy atom. The molecule has 1 N–H and O–H groups in total. The minimum Gasteiger partial charge on any atom is -0.365 e. The van der Waals surface area contributed by atoms with Crippen molar-refractivity contribution < 1.29 is 13.2 Å². The molecule has 0 spiro atoms. The van der Waals surface area contributed by atoms with Crippen LogP contribution in [0.2, 0.25) is 5.28 Å². The summed E-state index contributed by atoms with van der Waals surface area (Å²) < 4.78 is 39.0. The van der Waals surface area contributed by atoms with Gasteiger partial charge < -0.3 is 5.32 Å². The van der Waals surface area contributed by atoms with E-state index in [0.717, 1.165) is 6.07 Å². The molecule has 0 fully saturated rings. The molecule has 0 radical (unpaired) electrons. The first-order valence-corrected chi connectivity index (χ1v) is 7.00. The smallest absolute Gasteiger partial charge is 0.365 e. The molecule has 0 amide bonds. The Morgan fingerprint density at radius 1 is 1.04 bits per heavy atom. The molecule has 0 aliphatic carbocycles. The second-order valence-electron chi connectivity index (χ2n) is 4.72. The van der Waals surface area contributed by atoms with Crippen LogP contribution in [0.1, 0.15) is 11.1 Å². The molecule has 0 bridgehead atoms. The van der Waals surface area contributed by atoms with E-state index in [4.69, 9.17) is 11.6 Å². The number of nitrogens with one attached hydrogen (secondary N) is 1. The zero-order valence-electron chi connectivity index (χ0n) is 11.6. The van der Waals surface area contributed by atoms with Gasteiger partial charge in [0, 0.05) is 12.7 Å². The molecule has 3 rings (SSSR count). The Kier molecular flexibility index (Phi) is 4.04. The molecule has 0 atom stereocenters. The minimum absolute atomic E-state index is 0.0252. The lowest BCUT2D eigenvalue weighted by atomic mass is 10.1. The van der Waals surface area contributed by atoms with Crippen LogP contribution in [0.4, 0.5) is 19.0 Å². The molecule has 0 saturated heterocycles. The summed E-state index contributed by atoms with van der Waals surface area (Å²) in [4.78, 5) is 12.1. The number of hydrogen-bond acceptors (Lipinski definition) is 4. The van der Waals surface area contributed by atoms with E-state index in [1.807, 2.05) is 0 Å².